The van der Waals surface area contributed by atoms with Gasteiger partial charge in [-0.25, -0.2) is 0 Å². The summed E-state index contributed by atoms with van der Waals surface area (Å²) in [6, 6.07) is 0.251. The van der Waals surface area contributed by atoms with Crippen LogP contribution in [0.5, 0.6) is 0 Å². The number of rotatable bonds is 11. The van der Waals surface area contributed by atoms with Crippen molar-refractivity contribution >= 4 is 18.5 Å². The highest BCUT2D eigenvalue weighted by molar-refractivity contribution is 7.80. The zero-order valence-electron chi connectivity index (χ0n) is 27.4. The van der Waals surface area contributed by atoms with E-state index in [1.165, 1.54) is 38.5 Å². The van der Waals surface area contributed by atoms with E-state index in [2.05, 4.69) is 44.8 Å². The van der Waals surface area contributed by atoms with Crippen LogP contribution in [0.1, 0.15) is 111 Å². The Hall–Kier alpha value is -0.680. The topological polar surface area (TPSA) is 128 Å². The molecule has 44 heavy (non-hydrogen) atoms. The van der Waals surface area contributed by atoms with Gasteiger partial charge in [0, 0.05) is 19.6 Å². The first-order chi connectivity index (χ1) is 20.9. The van der Waals surface area contributed by atoms with Gasteiger partial charge in [-0.15, -0.1) is 12.6 Å². The highest BCUT2D eigenvalue weighted by atomic mass is 32.1. The van der Waals surface area contributed by atoms with Crippen molar-refractivity contribution < 1.29 is 34.7 Å². The number of nitrogens with one attached hydrogen (secondary N) is 1. The van der Waals surface area contributed by atoms with E-state index in [0.29, 0.717) is 29.3 Å². The Bertz CT molecular complexity index is 1030. The zero-order valence-corrected chi connectivity index (χ0v) is 28.3. The molecule has 8 nitrogen and oxygen atoms in total. The minimum atomic E-state index is -1.38. The molecular formula is C35H59NO7S. The summed E-state index contributed by atoms with van der Waals surface area (Å²) in [6.07, 6.45) is 10.9. The van der Waals surface area contributed by atoms with Crippen LogP contribution in [0, 0.1) is 34.5 Å². The van der Waals surface area contributed by atoms with Gasteiger partial charge in [0.05, 0.1) is 12.2 Å². The van der Waals surface area contributed by atoms with Crippen LogP contribution in [0.4, 0.5) is 0 Å². The van der Waals surface area contributed by atoms with Crippen LogP contribution >= 0.6 is 12.6 Å². The molecule has 4 unspecified atom stereocenters. The van der Waals surface area contributed by atoms with Crippen molar-refractivity contribution in [2.75, 3.05) is 6.61 Å². The van der Waals surface area contributed by atoms with Gasteiger partial charge in [0.25, 0.3) is 0 Å². The average molecular weight is 638 g/mol. The van der Waals surface area contributed by atoms with Crippen LogP contribution in [0.2, 0.25) is 0 Å². The number of allylic oxidation sites excluding steroid dienone is 1. The lowest BCUT2D eigenvalue weighted by molar-refractivity contribution is -0.221. The maximum atomic E-state index is 11.8. The second-order valence-corrected chi connectivity index (χ2v) is 16.0. The average Bonchev–Trinajstić information content (AvgIpc) is 3.34. The van der Waals surface area contributed by atoms with E-state index in [9.17, 15) is 25.2 Å². The van der Waals surface area contributed by atoms with Crippen LogP contribution in [0.3, 0.4) is 0 Å². The minimum absolute atomic E-state index is 0.0918. The summed E-state index contributed by atoms with van der Waals surface area (Å²) in [5.41, 5.74) is 1.33. The van der Waals surface area contributed by atoms with Crippen LogP contribution in [0.15, 0.2) is 11.6 Å². The van der Waals surface area contributed by atoms with Crippen molar-refractivity contribution in [3.63, 3.8) is 0 Å². The van der Waals surface area contributed by atoms with Gasteiger partial charge >= 0.3 is 0 Å². The molecule has 5 aliphatic rings. The number of hydrogen-bond acceptors (Lipinski definition) is 8. The normalized spacial score (nSPS) is 45.0. The molecule has 5 rings (SSSR count). The molecule has 4 aliphatic carbocycles. The van der Waals surface area contributed by atoms with Crippen molar-refractivity contribution in [1.29, 1.82) is 0 Å². The molecule has 0 bridgehead atoms. The molecule has 0 aromatic heterocycles. The molecule has 1 aliphatic heterocycles. The van der Waals surface area contributed by atoms with Crippen LogP contribution in [-0.4, -0.2) is 81.0 Å². The Labute approximate surface area is 270 Å². The number of carbonyl (C=O) groups excluding carboxylic acids is 1. The number of aliphatic hydroxyl groups is 4. The molecular weight excluding hydrogens is 578 g/mol. The maximum Gasteiger partial charge on any atom is 0.217 e. The second-order valence-electron chi connectivity index (χ2n) is 15.4. The first-order valence-electron chi connectivity index (χ1n) is 17.5. The third-order valence-corrected chi connectivity index (χ3v) is 13.3. The Morgan fingerprint density at radius 1 is 1.05 bits per heavy atom. The molecule has 1 heterocycles. The van der Waals surface area contributed by atoms with Gasteiger partial charge < -0.3 is 35.2 Å². The monoisotopic (exact) mass is 637 g/mol. The fourth-order valence-corrected chi connectivity index (χ4v) is 10.8. The van der Waals surface area contributed by atoms with Crippen molar-refractivity contribution in [3.05, 3.63) is 11.6 Å². The number of hydrogen-bond donors (Lipinski definition) is 6. The number of aliphatic hydroxyl groups excluding tert-OH is 4. The van der Waals surface area contributed by atoms with Gasteiger partial charge in [-0.2, -0.15) is 0 Å². The molecule has 0 radical (unpaired) electrons. The SMILES string of the molecule is CC(=O)N[C@@H](C)[C@H]1CCC2C3CC=C4C[C@H](OCCCCCCC(O)[C@H]5O[C@@H](S)[C@@H](O)[C@@H](O)[C@@H]5O)CC[C@]4(C)C3CC[C@@]21C. The highest BCUT2D eigenvalue weighted by Crippen LogP contribution is 2.66. The van der Waals surface area contributed by atoms with Gasteiger partial charge in [-0.3, -0.25) is 4.79 Å². The maximum absolute atomic E-state index is 11.8. The summed E-state index contributed by atoms with van der Waals surface area (Å²) in [5, 5.41) is 43.6. The Morgan fingerprint density at radius 2 is 1.80 bits per heavy atom. The van der Waals surface area contributed by atoms with E-state index in [0.717, 1.165) is 62.9 Å². The summed E-state index contributed by atoms with van der Waals surface area (Å²) >= 11 is 4.10. The number of unbranched alkanes of at least 4 members (excludes halogenated alkanes) is 3. The van der Waals surface area contributed by atoms with Gasteiger partial charge in [-0.1, -0.05) is 44.8 Å². The predicted molar refractivity (Wildman–Crippen MR) is 173 cm³/mol. The van der Waals surface area contributed by atoms with Gasteiger partial charge in [-0.05, 0) is 106 Å². The summed E-state index contributed by atoms with van der Waals surface area (Å²) < 4.78 is 11.8. The number of thiol groups is 1. The molecule has 252 valence electrons. The smallest absolute Gasteiger partial charge is 0.217 e. The number of carbonyl (C=O) groups is 1. The van der Waals surface area contributed by atoms with Crippen molar-refractivity contribution in [2.45, 2.75) is 159 Å². The molecule has 0 aromatic carbocycles. The predicted octanol–water partition coefficient (Wildman–Crippen LogP) is 4.52. The summed E-state index contributed by atoms with van der Waals surface area (Å²) in [7, 11) is 0. The summed E-state index contributed by atoms with van der Waals surface area (Å²) in [5.74, 6) is 2.95. The Morgan fingerprint density at radius 3 is 2.55 bits per heavy atom. The molecule has 5 N–H and O–H groups in total. The van der Waals surface area contributed by atoms with E-state index >= 15 is 0 Å². The van der Waals surface area contributed by atoms with Gasteiger partial charge in [0.1, 0.15) is 29.9 Å². The van der Waals surface area contributed by atoms with Gasteiger partial charge in [0.2, 0.25) is 5.91 Å². The lowest BCUT2D eigenvalue weighted by atomic mass is 9.47. The fourth-order valence-electron chi connectivity index (χ4n) is 10.5. The molecule has 9 heteroatoms. The minimum Gasteiger partial charge on any atom is -0.390 e. The standard InChI is InChI=1S/C35H59NO7S/c1-20(36-21(2)37)25-12-13-26-24-11-10-22-19-23(14-16-34(22,3)27(24)15-17-35(25,26)4)42-18-8-6-5-7-9-28(38)32-30(40)29(39)31(41)33(44)43-32/h10,20,23-33,38-41,44H,5-9,11-19H2,1-4H3,(H,36,37)/t20-,23+,24?,25+,26?,27?,28?,29-,30-,31-,32+,33-,34-,35+/m0/s1. The molecule has 4 fully saturated rings. The summed E-state index contributed by atoms with van der Waals surface area (Å²) in [6.45, 7) is 9.70. The molecule has 0 aromatic rings. The van der Waals surface area contributed by atoms with Crippen molar-refractivity contribution in [1.82, 2.24) is 5.32 Å². The van der Waals surface area contributed by atoms with Crippen LogP contribution in [0.25, 0.3) is 0 Å². The third-order valence-electron chi connectivity index (χ3n) is 12.9. The molecule has 1 amide bonds. The lowest BCUT2D eigenvalue weighted by Gasteiger charge is -2.58. The first kappa shape index (κ1) is 34.6. The van der Waals surface area contributed by atoms with Crippen molar-refractivity contribution in [3.8, 4) is 0 Å². The van der Waals surface area contributed by atoms with Crippen LogP contribution < -0.4 is 5.32 Å². The highest BCUT2D eigenvalue weighted by Gasteiger charge is 2.59. The first-order valence-corrected chi connectivity index (χ1v) is 18.0. The molecule has 1 saturated heterocycles. The number of ether oxygens (including phenoxy) is 2. The largest absolute Gasteiger partial charge is 0.390 e. The molecule has 0 spiro atoms. The second kappa shape index (κ2) is 14.2. The Balaban J connectivity index is 1.04. The Kier molecular flexibility index (Phi) is 11.2. The lowest BCUT2D eigenvalue weighted by Crippen LogP contribution is -2.59. The zero-order chi connectivity index (χ0) is 31.8. The van der Waals surface area contributed by atoms with E-state index < -0.39 is 36.0 Å². The number of amides is 1. The van der Waals surface area contributed by atoms with E-state index in [4.69, 9.17) is 9.47 Å². The molecule has 3 saturated carbocycles. The van der Waals surface area contributed by atoms with Crippen LogP contribution in [-0.2, 0) is 14.3 Å². The van der Waals surface area contributed by atoms with Gasteiger partial charge in [0.15, 0.2) is 0 Å². The van der Waals surface area contributed by atoms with Crippen molar-refractivity contribution in [2.24, 2.45) is 34.5 Å². The van der Waals surface area contributed by atoms with E-state index in [1.807, 2.05) is 0 Å². The number of fused-ring (bicyclic) bond motifs is 5. The summed E-state index contributed by atoms with van der Waals surface area (Å²) in [4.78, 5) is 11.8. The quantitative estimate of drug-likeness (QED) is 0.112. The third kappa shape index (κ3) is 6.81. The fraction of sp³-hybridized carbons (Fsp3) is 0.914. The van der Waals surface area contributed by atoms with E-state index in [-0.39, 0.29) is 11.9 Å². The van der Waals surface area contributed by atoms with E-state index in [1.54, 1.807) is 12.5 Å². The molecule has 14 atom stereocenters.